The third kappa shape index (κ3) is 9.43. The van der Waals surface area contributed by atoms with Gasteiger partial charge in [-0.25, -0.2) is 0 Å². The van der Waals surface area contributed by atoms with Crippen LogP contribution in [-0.2, 0) is 17.1 Å². The number of benzene rings is 5. The number of rotatable bonds is 8. The van der Waals surface area contributed by atoms with E-state index in [1.165, 1.54) is 84.2 Å². The van der Waals surface area contributed by atoms with Crippen molar-refractivity contribution in [1.29, 1.82) is 0 Å². The molecule has 3 heteroatoms. The van der Waals surface area contributed by atoms with Gasteiger partial charge in [0.05, 0.1) is 0 Å². The second-order valence-electron chi connectivity index (χ2n) is 14.3. The Morgan fingerprint density at radius 3 is 1.39 bits per heavy atom. The van der Waals surface area contributed by atoms with E-state index >= 15 is 0 Å². The van der Waals surface area contributed by atoms with Gasteiger partial charge in [-0.05, 0) is 106 Å². The van der Waals surface area contributed by atoms with E-state index in [9.17, 15) is 0 Å². The molecular formula is C46H54FeP2. The third-order valence-corrected chi connectivity index (χ3v) is 15.8. The van der Waals surface area contributed by atoms with Crippen molar-refractivity contribution in [1.82, 2.24) is 0 Å². The average Bonchev–Trinajstić information content (AvgIpc) is 3.82. The van der Waals surface area contributed by atoms with Crippen LogP contribution in [0.1, 0.15) is 92.0 Å². The summed E-state index contributed by atoms with van der Waals surface area (Å²) < 4.78 is 0. The van der Waals surface area contributed by atoms with Crippen molar-refractivity contribution in [2.24, 2.45) is 5.92 Å². The van der Waals surface area contributed by atoms with Gasteiger partial charge in [-0.3, -0.25) is 0 Å². The Morgan fingerprint density at radius 2 is 0.918 bits per heavy atom. The van der Waals surface area contributed by atoms with Gasteiger partial charge in [0.15, 0.2) is 0 Å². The van der Waals surface area contributed by atoms with Crippen molar-refractivity contribution in [2.75, 3.05) is 0 Å². The van der Waals surface area contributed by atoms with Crippen molar-refractivity contribution in [3.63, 3.8) is 0 Å². The fourth-order valence-corrected chi connectivity index (χ4v) is 14.3. The van der Waals surface area contributed by atoms with Crippen LogP contribution in [0.5, 0.6) is 0 Å². The van der Waals surface area contributed by atoms with Crippen molar-refractivity contribution in [3.8, 4) is 0 Å². The van der Waals surface area contributed by atoms with Gasteiger partial charge in [0.25, 0.3) is 0 Å². The molecule has 2 fully saturated rings. The number of hydrogen-bond donors (Lipinski definition) is 0. The standard InChI is InChI=1S/C41H44P2.C5H10.Fe/c1-29-23-30(2)26-36(25-29)42(37-27-31(3)24-32(4)28-37)33(5)38-20-14-21-39(38)40-19-12-13-22-41(40)43(34-15-8-6-9-16-34)35-17-10-7-11-18-35;1-2-4-5-3-1;/h6-13,15-19,22-28,33,38-39H,14,20-21H2,1-5H3;1-5H2;/t33-,38?,39?;;/m0../s1. The van der Waals surface area contributed by atoms with Crippen LogP contribution in [0.15, 0.2) is 121 Å². The fourth-order valence-electron chi connectivity index (χ4n) is 8.41. The van der Waals surface area contributed by atoms with E-state index < -0.39 is 15.8 Å². The summed E-state index contributed by atoms with van der Waals surface area (Å²) in [4.78, 5) is 0. The fraction of sp³-hybridized carbons (Fsp3) is 0.348. The molecule has 0 bridgehead atoms. The minimum Gasteiger partial charge on any atom is -0.0622 e. The molecule has 0 saturated heterocycles. The molecular weight excluding hydrogens is 670 g/mol. The summed E-state index contributed by atoms with van der Waals surface area (Å²) in [5, 5.41) is 7.50. The van der Waals surface area contributed by atoms with Gasteiger partial charge in [0.2, 0.25) is 0 Å². The van der Waals surface area contributed by atoms with Crippen molar-refractivity contribution in [3.05, 3.63) is 149 Å². The molecule has 5 aromatic rings. The molecule has 256 valence electrons. The molecule has 2 aliphatic rings. The molecule has 2 aliphatic carbocycles. The maximum Gasteiger partial charge on any atom is 0 e. The maximum atomic E-state index is 2.59. The topological polar surface area (TPSA) is 0 Å². The first kappa shape index (κ1) is 37.7. The summed E-state index contributed by atoms with van der Waals surface area (Å²) >= 11 is 0. The molecule has 0 N–H and O–H groups in total. The molecule has 3 atom stereocenters. The van der Waals surface area contributed by atoms with Gasteiger partial charge in [-0.15, -0.1) is 0 Å². The van der Waals surface area contributed by atoms with Crippen LogP contribution < -0.4 is 26.5 Å². The number of hydrogen-bond acceptors (Lipinski definition) is 0. The van der Waals surface area contributed by atoms with E-state index in [2.05, 4.69) is 156 Å². The molecule has 0 nitrogen and oxygen atoms in total. The Labute approximate surface area is 310 Å². The molecule has 49 heavy (non-hydrogen) atoms. The molecule has 0 aromatic heterocycles. The van der Waals surface area contributed by atoms with E-state index in [0.717, 1.165) is 0 Å². The zero-order chi connectivity index (χ0) is 33.5. The minimum atomic E-state index is -0.636. The first-order chi connectivity index (χ1) is 23.4. The first-order valence-electron chi connectivity index (χ1n) is 18.3. The van der Waals surface area contributed by atoms with Gasteiger partial charge in [-0.2, -0.15) is 0 Å². The average molecular weight is 725 g/mol. The molecule has 0 radical (unpaired) electrons. The van der Waals surface area contributed by atoms with Crippen LogP contribution in [0.4, 0.5) is 0 Å². The summed E-state index contributed by atoms with van der Waals surface area (Å²) in [5.74, 6) is 1.22. The van der Waals surface area contributed by atoms with Gasteiger partial charge in [0.1, 0.15) is 0 Å². The zero-order valence-corrected chi connectivity index (χ0v) is 33.1. The predicted molar refractivity (Wildman–Crippen MR) is 216 cm³/mol. The smallest absolute Gasteiger partial charge is 0 e. The molecule has 0 amide bonds. The first-order valence-corrected chi connectivity index (χ1v) is 21.1. The SMILES string of the molecule is C1CCCC1.Cc1cc(C)cc(P(c2cc(C)cc(C)c2)[C@@H](C)C2CCCC2c2ccccc2P(c2ccccc2)c2ccccc2)c1.[Fe]. The Morgan fingerprint density at radius 1 is 0.490 bits per heavy atom. The molecule has 0 heterocycles. The Bertz CT molecular complexity index is 1620. The molecule has 2 saturated carbocycles. The van der Waals surface area contributed by atoms with Gasteiger partial charge >= 0.3 is 0 Å². The molecule has 0 aliphatic heterocycles. The maximum absolute atomic E-state index is 2.59. The Kier molecular flexibility index (Phi) is 13.9. The van der Waals surface area contributed by atoms with E-state index in [1.54, 1.807) is 21.5 Å². The van der Waals surface area contributed by atoms with Crippen LogP contribution in [0.2, 0.25) is 0 Å². The van der Waals surface area contributed by atoms with E-state index in [-0.39, 0.29) is 17.1 Å². The second-order valence-corrected chi connectivity index (χ2v) is 19.1. The molecule has 5 aromatic carbocycles. The zero-order valence-electron chi connectivity index (χ0n) is 30.2. The van der Waals surface area contributed by atoms with Crippen LogP contribution in [-0.4, -0.2) is 5.66 Å². The largest absolute Gasteiger partial charge is 0.0622 e. The summed E-state index contributed by atoms with van der Waals surface area (Å²) in [6.07, 6.45) is 11.4. The molecule has 0 spiro atoms. The van der Waals surface area contributed by atoms with Gasteiger partial charge in [0, 0.05) is 17.1 Å². The summed E-state index contributed by atoms with van der Waals surface area (Å²) in [6.45, 7) is 11.6. The summed E-state index contributed by atoms with van der Waals surface area (Å²) in [6, 6.07) is 46.5. The van der Waals surface area contributed by atoms with E-state index in [1.807, 2.05) is 0 Å². The van der Waals surface area contributed by atoms with Crippen molar-refractivity contribution in [2.45, 2.75) is 97.6 Å². The van der Waals surface area contributed by atoms with Gasteiger partial charge in [-0.1, -0.05) is 189 Å². The third-order valence-electron chi connectivity index (χ3n) is 10.4. The van der Waals surface area contributed by atoms with E-state index in [0.29, 0.717) is 17.5 Å². The van der Waals surface area contributed by atoms with Crippen LogP contribution in [0.3, 0.4) is 0 Å². The monoisotopic (exact) mass is 724 g/mol. The molecule has 7 rings (SSSR count). The number of aryl methyl sites for hydroxylation is 4. The van der Waals surface area contributed by atoms with Crippen LogP contribution >= 0.6 is 15.8 Å². The molecule has 2 unspecified atom stereocenters. The normalized spacial score (nSPS) is 17.8. The Hall–Kier alpha value is -2.52. The predicted octanol–water partition coefficient (Wildman–Crippen LogP) is 11.0. The summed E-state index contributed by atoms with van der Waals surface area (Å²) in [7, 11) is -1.15. The minimum absolute atomic E-state index is 0. The Balaban J connectivity index is 0.000000717. The van der Waals surface area contributed by atoms with Crippen LogP contribution in [0.25, 0.3) is 0 Å². The van der Waals surface area contributed by atoms with Crippen molar-refractivity contribution >= 4 is 42.4 Å². The van der Waals surface area contributed by atoms with E-state index in [4.69, 9.17) is 0 Å². The summed E-state index contributed by atoms with van der Waals surface area (Å²) in [5.41, 5.74) is 7.68. The van der Waals surface area contributed by atoms with Crippen LogP contribution in [0, 0.1) is 33.6 Å². The van der Waals surface area contributed by atoms with Crippen molar-refractivity contribution < 1.29 is 17.1 Å². The quantitative estimate of drug-likeness (QED) is 0.110. The second kappa shape index (κ2) is 18.1. The van der Waals surface area contributed by atoms with Gasteiger partial charge < -0.3 is 0 Å².